The van der Waals surface area contributed by atoms with Crippen molar-refractivity contribution in [3.63, 3.8) is 0 Å². The summed E-state index contributed by atoms with van der Waals surface area (Å²) < 4.78 is 13.9. The van der Waals surface area contributed by atoms with Gasteiger partial charge < -0.3 is 15.5 Å². The lowest BCUT2D eigenvalue weighted by atomic mass is 10.1. The average molecular weight is 354 g/mol. The van der Waals surface area contributed by atoms with Gasteiger partial charge in [0.1, 0.15) is 11.6 Å². The first-order chi connectivity index (χ1) is 9.90. The molecule has 0 spiro atoms. The number of hydrogen-bond donors (Lipinski definition) is 3. The molecule has 0 aliphatic carbocycles. The number of rotatable bonds is 3. The molecule has 7 heteroatoms. The second-order valence-corrected chi connectivity index (χ2v) is 4.95. The number of aromatic hydroxyl groups is 1. The molecule has 108 valence electrons. The number of halogens is 2. The standard InChI is InChI=1S/C14H9BrFNO4/c15-9-3-1-2-8(12(9)16)13(19)17-10-5-4-7(14(20)21)6-11(10)18/h1-6,18H,(H,17,19)(H,20,21). The van der Waals surface area contributed by atoms with Crippen LogP contribution >= 0.6 is 15.9 Å². The molecule has 2 rings (SSSR count). The molecular formula is C14H9BrFNO4. The monoisotopic (exact) mass is 353 g/mol. The third-order valence-corrected chi connectivity index (χ3v) is 3.30. The van der Waals surface area contributed by atoms with Crippen LogP contribution in [0.3, 0.4) is 0 Å². The third-order valence-electron chi connectivity index (χ3n) is 2.69. The molecule has 0 atom stereocenters. The molecule has 0 aliphatic rings. The minimum atomic E-state index is -1.21. The minimum absolute atomic E-state index is 0.00984. The highest BCUT2D eigenvalue weighted by Gasteiger charge is 2.16. The van der Waals surface area contributed by atoms with Gasteiger partial charge in [0.15, 0.2) is 0 Å². The van der Waals surface area contributed by atoms with Crippen LogP contribution in [-0.4, -0.2) is 22.1 Å². The topological polar surface area (TPSA) is 86.6 Å². The zero-order valence-electron chi connectivity index (χ0n) is 10.4. The smallest absolute Gasteiger partial charge is 0.335 e. The number of benzene rings is 2. The largest absolute Gasteiger partial charge is 0.506 e. The lowest BCUT2D eigenvalue weighted by Gasteiger charge is -2.09. The first-order valence-corrected chi connectivity index (χ1v) is 6.51. The maximum atomic E-state index is 13.8. The molecule has 21 heavy (non-hydrogen) atoms. The molecule has 0 aliphatic heterocycles. The van der Waals surface area contributed by atoms with E-state index in [1.807, 2.05) is 0 Å². The second kappa shape index (κ2) is 5.92. The molecule has 5 nitrogen and oxygen atoms in total. The van der Waals surface area contributed by atoms with E-state index in [0.717, 1.165) is 6.07 Å². The fourth-order valence-corrected chi connectivity index (χ4v) is 2.01. The number of carboxylic acid groups (broad SMARTS) is 1. The number of carbonyl (C=O) groups excluding carboxylic acids is 1. The number of amides is 1. The molecule has 2 aromatic carbocycles. The number of phenolic OH excluding ortho intramolecular Hbond substituents is 1. The van der Waals surface area contributed by atoms with Crippen molar-refractivity contribution in [2.24, 2.45) is 0 Å². The zero-order valence-corrected chi connectivity index (χ0v) is 12.0. The minimum Gasteiger partial charge on any atom is -0.506 e. The molecule has 3 N–H and O–H groups in total. The summed E-state index contributed by atoms with van der Waals surface area (Å²) in [6.45, 7) is 0. The van der Waals surface area contributed by atoms with Crippen LogP contribution in [-0.2, 0) is 0 Å². The van der Waals surface area contributed by atoms with Crippen LogP contribution < -0.4 is 5.32 Å². The second-order valence-electron chi connectivity index (χ2n) is 4.09. The number of carboxylic acids is 1. The van der Waals surface area contributed by atoms with Crippen molar-refractivity contribution in [2.75, 3.05) is 5.32 Å². The van der Waals surface area contributed by atoms with Crippen LogP contribution in [0.4, 0.5) is 10.1 Å². The molecule has 0 bridgehead atoms. The van der Waals surface area contributed by atoms with Crippen LogP contribution in [0.2, 0.25) is 0 Å². The zero-order chi connectivity index (χ0) is 15.6. The molecule has 0 unspecified atom stereocenters. The van der Waals surface area contributed by atoms with Crippen molar-refractivity contribution in [1.29, 1.82) is 0 Å². The van der Waals surface area contributed by atoms with Gasteiger partial charge in [-0.2, -0.15) is 0 Å². The first kappa shape index (κ1) is 15.0. The Morgan fingerprint density at radius 1 is 1.19 bits per heavy atom. The molecular weight excluding hydrogens is 345 g/mol. The predicted molar refractivity (Wildman–Crippen MR) is 77.1 cm³/mol. The van der Waals surface area contributed by atoms with E-state index in [4.69, 9.17) is 5.11 Å². The SMILES string of the molecule is O=C(O)c1ccc(NC(=O)c2cccc(Br)c2F)c(O)c1. The number of carbonyl (C=O) groups is 2. The van der Waals surface area contributed by atoms with Gasteiger partial charge in [0.2, 0.25) is 0 Å². The van der Waals surface area contributed by atoms with Crippen LogP contribution in [0.15, 0.2) is 40.9 Å². The number of hydrogen-bond acceptors (Lipinski definition) is 3. The van der Waals surface area contributed by atoms with Crippen LogP contribution in [0, 0.1) is 5.82 Å². The first-order valence-electron chi connectivity index (χ1n) is 5.72. The highest BCUT2D eigenvalue weighted by atomic mass is 79.9. The highest BCUT2D eigenvalue weighted by Crippen LogP contribution is 2.26. The molecule has 0 fully saturated rings. The van der Waals surface area contributed by atoms with E-state index in [0.29, 0.717) is 0 Å². The Balaban J connectivity index is 2.28. The van der Waals surface area contributed by atoms with E-state index in [2.05, 4.69) is 21.2 Å². The summed E-state index contributed by atoms with van der Waals surface area (Å²) in [5.74, 6) is -3.11. The summed E-state index contributed by atoms with van der Waals surface area (Å²) in [4.78, 5) is 22.7. The van der Waals surface area contributed by atoms with Gasteiger partial charge in [-0.15, -0.1) is 0 Å². The maximum absolute atomic E-state index is 13.8. The predicted octanol–water partition coefficient (Wildman–Crippen LogP) is 3.24. The maximum Gasteiger partial charge on any atom is 0.335 e. The highest BCUT2D eigenvalue weighted by molar-refractivity contribution is 9.10. The van der Waals surface area contributed by atoms with Crippen molar-refractivity contribution in [1.82, 2.24) is 0 Å². The van der Waals surface area contributed by atoms with E-state index in [1.165, 1.54) is 30.3 Å². The molecule has 1 amide bonds. The number of aromatic carboxylic acids is 1. The summed E-state index contributed by atoms with van der Waals surface area (Å²) in [5, 5.41) is 20.8. The molecule has 0 saturated carbocycles. The van der Waals surface area contributed by atoms with Gasteiger partial charge in [0.05, 0.1) is 21.3 Å². The van der Waals surface area contributed by atoms with Gasteiger partial charge in [-0.05, 0) is 46.3 Å². The Morgan fingerprint density at radius 3 is 2.52 bits per heavy atom. The van der Waals surface area contributed by atoms with Gasteiger partial charge in [0.25, 0.3) is 5.91 Å². The van der Waals surface area contributed by atoms with Gasteiger partial charge in [-0.25, -0.2) is 9.18 Å². The fraction of sp³-hybridized carbons (Fsp3) is 0. The number of anilines is 1. The van der Waals surface area contributed by atoms with Crippen LogP contribution in [0.25, 0.3) is 0 Å². The van der Waals surface area contributed by atoms with Gasteiger partial charge in [-0.3, -0.25) is 4.79 Å². The van der Waals surface area contributed by atoms with E-state index < -0.39 is 23.4 Å². The van der Waals surface area contributed by atoms with Crippen molar-refractivity contribution in [2.45, 2.75) is 0 Å². The summed E-state index contributed by atoms with van der Waals surface area (Å²) in [6.07, 6.45) is 0. The lowest BCUT2D eigenvalue weighted by molar-refractivity contribution is 0.0696. The fourth-order valence-electron chi connectivity index (χ4n) is 1.64. The van der Waals surface area contributed by atoms with Crippen LogP contribution in [0.5, 0.6) is 5.75 Å². The van der Waals surface area contributed by atoms with Crippen molar-refractivity contribution in [3.05, 3.63) is 57.8 Å². The van der Waals surface area contributed by atoms with Crippen molar-refractivity contribution in [3.8, 4) is 5.75 Å². The van der Waals surface area contributed by atoms with Gasteiger partial charge >= 0.3 is 5.97 Å². The Labute approximate surface area is 127 Å². The normalized spacial score (nSPS) is 10.2. The van der Waals surface area contributed by atoms with E-state index in [9.17, 15) is 19.1 Å². The quantitative estimate of drug-likeness (QED) is 0.739. The Morgan fingerprint density at radius 2 is 1.90 bits per heavy atom. The molecule has 0 radical (unpaired) electrons. The van der Waals surface area contributed by atoms with E-state index in [1.54, 1.807) is 0 Å². The van der Waals surface area contributed by atoms with E-state index in [-0.39, 0.29) is 21.3 Å². The summed E-state index contributed by atoms with van der Waals surface area (Å²) in [7, 11) is 0. The summed E-state index contributed by atoms with van der Waals surface area (Å²) in [6, 6.07) is 7.68. The Bertz CT molecular complexity index is 733. The number of nitrogens with one attached hydrogen (secondary N) is 1. The van der Waals surface area contributed by atoms with Gasteiger partial charge in [-0.1, -0.05) is 6.07 Å². The van der Waals surface area contributed by atoms with Crippen LogP contribution in [0.1, 0.15) is 20.7 Å². The van der Waals surface area contributed by atoms with Crippen molar-refractivity contribution >= 4 is 33.5 Å². The molecule has 0 saturated heterocycles. The third kappa shape index (κ3) is 3.19. The molecule has 0 aromatic heterocycles. The van der Waals surface area contributed by atoms with Gasteiger partial charge in [0, 0.05) is 0 Å². The van der Waals surface area contributed by atoms with E-state index >= 15 is 0 Å². The lowest BCUT2D eigenvalue weighted by Crippen LogP contribution is -2.14. The van der Waals surface area contributed by atoms with Crippen molar-refractivity contribution < 1.29 is 24.2 Å². The summed E-state index contributed by atoms with van der Waals surface area (Å²) in [5.41, 5.74) is -0.338. The number of phenols is 1. The molecule has 2 aromatic rings. The Hall–Kier alpha value is -2.41. The average Bonchev–Trinajstić information content (AvgIpc) is 2.43. The summed E-state index contributed by atoms with van der Waals surface area (Å²) >= 11 is 2.97. The Kier molecular flexibility index (Phi) is 4.23. The molecule has 0 heterocycles.